The average Bonchev–Trinajstić information content (AvgIpc) is 2.72. The summed E-state index contributed by atoms with van der Waals surface area (Å²) in [5, 5.41) is 9.56. The second kappa shape index (κ2) is 5.10. The van der Waals surface area contributed by atoms with Gasteiger partial charge >= 0.3 is 0 Å². The van der Waals surface area contributed by atoms with Crippen LogP contribution in [0.5, 0.6) is 5.75 Å². The molecule has 0 saturated heterocycles. The zero-order valence-electron chi connectivity index (χ0n) is 9.51. The van der Waals surface area contributed by atoms with Crippen LogP contribution in [0.15, 0.2) is 29.8 Å². The Morgan fingerprint density at radius 2 is 2.18 bits per heavy atom. The number of Topliss-reactive ketones (excluding diaryl/α,β-unsaturated/α-hetero) is 1. The second-order valence-electron chi connectivity index (χ2n) is 3.80. The van der Waals surface area contributed by atoms with Gasteiger partial charge in [-0.25, -0.2) is 4.98 Å². The SMILES string of the molecule is Cc1ncsc1CCC(=O)c1ccccc1O. The van der Waals surface area contributed by atoms with Gasteiger partial charge in [0.05, 0.1) is 16.8 Å². The normalized spacial score (nSPS) is 10.4. The van der Waals surface area contributed by atoms with Crippen LogP contribution in [0.25, 0.3) is 0 Å². The number of benzene rings is 1. The number of thiazole rings is 1. The summed E-state index contributed by atoms with van der Waals surface area (Å²) >= 11 is 1.57. The lowest BCUT2D eigenvalue weighted by molar-refractivity contribution is 0.0980. The van der Waals surface area contributed by atoms with E-state index in [4.69, 9.17) is 0 Å². The first kappa shape index (κ1) is 11.8. The summed E-state index contributed by atoms with van der Waals surface area (Å²) in [6, 6.07) is 6.65. The van der Waals surface area contributed by atoms with Crippen LogP contribution in [0, 0.1) is 6.92 Å². The van der Waals surface area contributed by atoms with Crippen molar-refractivity contribution in [3.63, 3.8) is 0 Å². The van der Waals surface area contributed by atoms with Gasteiger partial charge in [-0.1, -0.05) is 12.1 Å². The Kier molecular flexibility index (Phi) is 3.54. The molecule has 88 valence electrons. The predicted molar refractivity (Wildman–Crippen MR) is 67.6 cm³/mol. The molecule has 1 aromatic carbocycles. The number of aryl methyl sites for hydroxylation is 2. The van der Waals surface area contributed by atoms with Crippen LogP contribution in [0.2, 0.25) is 0 Å². The molecule has 0 fully saturated rings. The van der Waals surface area contributed by atoms with E-state index in [2.05, 4.69) is 4.98 Å². The number of ketones is 1. The number of para-hydroxylation sites is 1. The quantitative estimate of drug-likeness (QED) is 0.845. The van der Waals surface area contributed by atoms with Crippen LogP contribution < -0.4 is 0 Å². The molecule has 0 amide bonds. The molecule has 1 N–H and O–H groups in total. The Balaban J connectivity index is 2.04. The predicted octanol–water partition coefficient (Wildman–Crippen LogP) is 2.97. The van der Waals surface area contributed by atoms with E-state index in [9.17, 15) is 9.90 Å². The van der Waals surface area contributed by atoms with Crippen molar-refractivity contribution in [3.05, 3.63) is 45.9 Å². The highest BCUT2D eigenvalue weighted by Crippen LogP contribution is 2.20. The lowest BCUT2D eigenvalue weighted by atomic mass is 10.0. The third-order valence-electron chi connectivity index (χ3n) is 2.63. The first-order chi connectivity index (χ1) is 8.18. The first-order valence-electron chi connectivity index (χ1n) is 5.38. The number of phenolic OH excluding ortho intramolecular Hbond substituents is 1. The number of aromatic hydroxyl groups is 1. The lowest BCUT2D eigenvalue weighted by Crippen LogP contribution is -2.01. The Labute approximate surface area is 104 Å². The van der Waals surface area contributed by atoms with E-state index in [0.717, 1.165) is 10.6 Å². The number of rotatable bonds is 4. The van der Waals surface area contributed by atoms with Crippen molar-refractivity contribution in [2.75, 3.05) is 0 Å². The fraction of sp³-hybridized carbons (Fsp3) is 0.231. The minimum Gasteiger partial charge on any atom is -0.507 e. The molecule has 1 aromatic heterocycles. The molecular formula is C13H13NO2S. The molecule has 3 nitrogen and oxygen atoms in total. The zero-order valence-corrected chi connectivity index (χ0v) is 10.3. The maximum atomic E-state index is 11.9. The van der Waals surface area contributed by atoms with Gasteiger partial charge in [-0.05, 0) is 25.5 Å². The lowest BCUT2D eigenvalue weighted by Gasteiger charge is -2.02. The summed E-state index contributed by atoms with van der Waals surface area (Å²) in [5.74, 6) is 0.0226. The van der Waals surface area contributed by atoms with Gasteiger partial charge in [-0.3, -0.25) is 4.79 Å². The largest absolute Gasteiger partial charge is 0.507 e. The van der Waals surface area contributed by atoms with Gasteiger partial charge < -0.3 is 5.11 Å². The fourth-order valence-corrected chi connectivity index (χ4v) is 2.42. The van der Waals surface area contributed by atoms with E-state index >= 15 is 0 Å². The van der Waals surface area contributed by atoms with Gasteiger partial charge in [0, 0.05) is 11.3 Å². The number of hydrogen-bond acceptors (Lipinski definition) is 4. The van der Waals surface area contributed by atoms with E-state index in [0.29, 0.717) is 18.4 Å². The molecule has 0 radical (unpaired) electrons. The molecule has 0 aliphatic carbocycles. The van der Waals surface area contributed by atoms with Crippen LogP contribution in [-0.2, 0) is 6.42 Å². The molecule has 0 spiro atoms. The van der Waals surface area contributed by atoms with Gasteiger partial charge in [0.25, 0.3) is 0 Å². The van der Waals surface area contributed by atoms with Gasteiger partial charge in [0.15, 0.2) is 5.78 Å². The van der Waals surface area contributed by atoms with E-state index in [1.807, 2.05) is 6.92 Å². The van der Waals surface area contributed by atoms with Crippen molar-refractivity contribution in [3.8, 4) is 5.75 Å². The van der Waals surface area contributed by atoms with E-state index < -0.39 is 0 Å². The summed E-state index contributed by atoms with van der Waals surface area (Å²) in [5.41, 5.74) is 3.17. The van der Waals surface area contributed by atoms with Crippen molar-refractivity contribution in [1.29, 1.82) is 0 Å². The monoisotopic (exact) mass is 247 g/mol. The van der Waals surface area contributed by atoms with Crippen molar-refractivity contribution < 1.29 is 9.90 Å². The maximum Gasteiger partial charge on any atom is 0.166 e. The molecular weight excluding hydrogens is 234 g/mol. The molecule has 2 rings (SSSR count). The zero-order chi connectivity index (χ0) is 12.3. The van der Waals surface area contributed by atoms with E-state index in [-0.39, 0.29) is 11.5 Å². The Morgan fingerprint density at radius 3 is 2.82 bits per heavy atom. The molecule has 4 heteroatoms. The number of nitrogens with zero attached hydrogens (tertiary/aromatic N) is 1. The molecule has 0 saturated carbocycles. The molecule has 0 bridgehead atoms. The maximum absolute atomic E-state index is 11.9. The molecule has 0 atom stereocenters. The number of phenols is 1. The number of carbonyl (C=O) groups excluding carboxylic acids is 1. The highest BCUT2D eigenvalue weighted by Gasteiger charge is 2.11. The van der Waals surface area contributed by atoms with Gasteiger partial charge in [-0.2, -0.15) is 0 Å². The average molecular weight is 247 g/mol. The third-order valence-corrected chi connectivity index (χ3v) is 3.62. The van der Waals surface area contributed by atoms with Crippen LogP contribution >= 0.6 is 11.3 Å². The summed E-state index contributed by atoms with van der Waals surface area (Å²) in [4.78, 5) is 17.2. The minimum absolute atomic E-state index is 0.0316. The number of carbonyl (C=O) groups is 1. The Bertz CT molecular complexity index is 534. The first-order valence-corrected chi connectivity index (χ1v) is 6.26. The van der Waals surface area contributed by atoms with E-state index in [1.165, 1.54) is 6.07 Å². The van der Waals surface area contributed by atoms with Gasteiger partial charge in [0.1, 0.15) is 5.75 Å². The fourth-order valence-electron chi connectivity index (χ4n) is 1.64. The van der Waals surface area contributed by atoms with Crippen molar-refractivity contribution in [1.82, 2.24) is 4.98 Å². The summed E-state index contributed by atoms with van der Waals surface area (Å²) in [7, 11) is 0. The smallest absolute Gasteiger partial charge is 0.166 e. The van der Waals surface area contributed by atoms with Crippen LogP contribution in [0.4, 0.5) is 0 Å². The van der Waals surface area contributed by atoms with Crippen molar-refractivity contribution in [2.45, 2.75) is 19.8 Å². The highest BCUT2D eigenvalue weighted by atomic mass is 32.1. The van der Waals surface area contributed by atoms with Gasteiger partial charge in [-0.15, -0.1) is 11.3 Å². The van der Waals surface area contributed by atoms with Gasteiger partial charge in [0.2, 0.25) is 0 Å². The van der Waals surface area contributed by atoms with Crippen LogP contribution in [0.1, 0.15) is 27.3 Å². The summed E-state index contributed by atoms with van der Waals surface area (Å²) < 4.78 is 0. The molecule has 0 aliphatic heterocycles. The third kappa shape index (κ3) is 2.71. The summed E-state index contributed by atoms with van der Waals surface area (Å²) in [6.07, 6.45) is 1.09. The van der Waals surface area contributed by atoms with Crippen LogP contribution in [-0.4, -0.2) is 15.9 Å². The molecule has 0 aliphatic rings. The molecule has 2 aromatic rings. The number of hydrogen-bond donors (Lipinski definition) is 1. The standard InChI is InChI=1S/C13H13NO2S/c1-9-13(17-8-14-9)7-6-12(16)10-4-2-3-5-11(10)15/h2-5,8,15H,6-7H2,1H3. The van der Waals surface area contributed by atoms with Crippen LogP contribution in [0.3, 0.4) is 0 Å². The highest BCUT2D eigenvalue weighted by molar-refractivity contribution is 7.09. The number of aromatic nitrogens is 1. The van der Waals surface area contributed by atoms with Crippen molar-refractivity contribution >= 4 is 17.1 Å². The van der Waals surface area contributed by atoms with E-state index in [1.54, 1.807) is 35.0 Å². The Morgan fingerprint density at radius 1 is 1.41 bits per heavy atom. The second-order valence-corrected chi connectivity index (χ2v) is 4.74. The Hall–Kier alpha value is -1.68. The molecule has 1 heterocycles. The topological polar surface area (TPSA) is 50.2 Å². The summed E-state index contributed by atoms with van der Waals surface area (Å²) in [6.45, 7) is 1.94. The molecule has 0 unspecified atom stereocenters. The van der Waals surface area contributed by atoms with Crippen molar-refractivity contribution in [2.24, 2.45) is 0 Å². The molecule has 17 heavy (non-hydrogen) atoms. The minimum atomic E-state index is -0.0316.